The van der Waals surface area contributed by atoms with Crippen LogP contribution < -0.4 is 14.2 Å². The van der Waals surface area contributed by atoms with E-state index in [2.05, 4.69) is 20.8 Å². The highest BCUT2D eigenvalue weighted by Gasteiger charge is 2.31. The highest BCUT2D eigenvalue weighted by atomic mass is 16.7. The van der Waals surface area contributed by atoms with Crippen LogP contribution in [0.2, 0.25) is 0 Å². The Balaban J connectivity index is 1.28. The van der Waals surface area contributed by atoms with E-state index in [0.717, 1.165) is 27.8 Å². The second-order valence-electron chi connectivity index (χ2n) is 11.1. The lowest BCUT2D eigenvalue weighted by atomic mass is 9.71. The quantitative estimate of drug-likeness (QED) is 0.0781. The van der Waals surface area contributed by atoms with Crippen LogP contribution in [0.5, 0.6) is 28.7 Å². The summed E-state index contributed by atoms with van der Waals surface area (Å²) in [4.78, 5) is 23.2. The minimum Gasteiger partial charge on any atom is -0.508 e. The average Bonchev–Trinajstić information content (AvgIpc) is 3.02. The van der Waals surface area contributed by atoms with Crippen molar-refractivity contribution in [3.63, 3.8) is 0 Å². The predicted molar refractivity (Wildman–Crippen MR) is 167 cm³/mol. The first-order chi connectivity index (χ1) is 21.1. The zero-order valence-electron chi connectivity index (χ0n) is 24.6. The van der Waals surface area contributed by atoms with Crippen LogP contribution in [0, 0.1) is 0 Å². The number of rotatable bonds is 9. The lowest BCUT2D eigenvalue weighted by Gasteiger charge is -2.32. The molecule has 0 fully saturated rings. The second kappa shape index (κ2) is 12.4. The molecule has 5 rings (SSSR count). The Bertz CT molecular complexity index is 1680. The summed E-state index contributed by atoms with van der Waals surface area (Å²) < 4.78 is 15.8. The molecule has 0 aliphatic heterocycles. The van der Waals surface area contributed by atoms with Gasteiger partial charge in [-0.1, -0.05) is 74.5 Å². The molecule has 44 heavy (non-hydrogen) atoms. The third kappa shape index (κ3) is 6.27. The summed E-state index contributed by atoms with van der Waals surface area (Å²) in [6.45, 7) is 6.60. The van der Waals surface area contributed by atoms with E-state index in [4.69, 9.17) is 14.2 Å². The van der Waals surface area contributed by atoms with Crippen molar-refractivity contribution in [2.24, 2.45) is 0 Å². The van der Waals surface area contributed by atoms with Crippen molar-refractivity contribution in [3.05, 3.63) is 149 Å². The molecule has 0 aromatic heterocycles. The Hall–Kier alpha value is -5.56. The molecular formula is C37H32O7. The Labute approximate surface area is 255 Å². The largest absolute Gasteiger partial charge is 0.519 e. The van der Waals surface area contributed by atoms with Gasteiger partial charge in [0.05, 0.1) is 0 Å². The van der Waals surface area contributed by atoms with E-state index in [1.165, 1.54) is 0 Å². The summed E-state index contributed by atoms with van der Waals surface area (Å²) in [6, 6.07) is 35.6. The van der Waals surface area contributed by atoms with Crippen LogP contribution in [0.25, 0.3) is 0 Å². The molecule has 0 saturated heterocycles. The molecule has 7 heteroatoms. The van der Waals surface area contributed by atoms with E-state index in [0.29, 0.717) is 23.7 Å². The molecule has 0 atom stereocenters. The summed E-state index contributed by atoms with van der Waals surface area (Å²) in [5.74, 6) is 1.46. The number of phenolic OH excluding ortho intramolecular Hbond substituents is 2. The van der Waals surface area contributed by atoms with Crippen molar-refractivity contribution in [2.45, 2.75) is 31.6 Å². The maximum Gasteiger partial charge on any atom is 0.519 e. The lowest BCUT2D eigenvalue weighted by molar-refractivity contribution is -0.120. The molecule has 0 heterocycles. The highest BCUT2D eigenvalue weighted by Crippen LogP contribution is 2.40. The van der Waals surface area contributed by atoms with Crippen LogP contribution in [-0.4, -0.2) is 22.8 Å². The fourth-order valence-corrected chi connectivity index (χ4v) is 5.27. The van der Waals surface area contributed by atoms with Crippen molar-refractivity contribution in [2.75, 3.05) is 0 Å². The topological polar surface area (TPSA) is 102 Å². The average molecular weight is 589 g/mol. The molecule has 5 aromatic carbocycles. The summed E-state index contributed by atoms with van der Waals surface area (Å²) in [5.41, 5.74) is 3.84. The van der Waals surface area contributed by atoms with E-state index in [-0.39, 0.29) is 16.9 Å². The Morgan fingerprint density at radius 3 is 1.20 bits per heavy atom. The summed E-state index contributed by atoms with van der Waals surface area (Å²) in [6.07, 6.45) is -0.865. The number of benzene rings is 5. The zero-order chi connectivity index (χ0) is 31.3. The van der Waals surface area contributed by atoms with E-state index in [9.17, 15) is 19.8 Å². The molecule has 0 saturated carbocycles. The normalized spacial score (nSPS) is 11.4. The van der Waals surface area contributed by atoms with E-state index in [1.54, 1.807) is 60.7 Å². The fourth-order valence-electron chi connectivity index (χ4n) is 5.27. The van der Waals surface area contributed by atoms with Crippen molar-refractivity contribution in [3.8, 4) is 28.7 Å². The van der Waals surface area contributed by atoms with Crippen molar-refractivity contribution < 1.29 is 34.0 Å². The first-order valence-electron chi connectivity index (χ1n) is 14.0. The van der Waals surface area contributed by atoms with Crippen LogP contribution in [0.3, 0.4) is 0 Å². The number of ether oxygens (including phenoxy) is 3. The molecule has 0 amide bonds. The number of aromatic hydroxyl groups is 2. The standard InChI is InChI=1S/C37H32O7/c1-36(2,25-8-18-32(19-9-25)42-24-38)26-10-20-33(21-11-26)43-35(41)44-34-22-12-29(13-23-34)37(3,27-4-14-30(39)15-5-27)28-6-16-31(40)17-7-28/h4-24,39-40H,1-3H3. The molecule has 0 radical (unpaired) electrons. The molecule has 222 valence electrons. The van der Waals surface area contributed by atoms with Gasteiger partial charge in [0.15, 0.2) is 0 Å². The Morgan fingerprint density at radius 2 is 0.841 bits per heavy atom. The van der Waals surface area contributed by atoms with Gasteiger partial charge in [-0.2, -0.15) is 0 Å². The second-order valence-corrected chi connectivity index (χ2v) is 11.1. The smallest absolute Gasteiger partial charge is 0.508 e. The van der Waals surface area contributed by atoms with Gasteiger partial charge in [0.2, 0.25) is 0 Å². The maximum atomic E-state index is 12.6. The third-order valence-corrected chi connectivity index (χ3v) is 8.06. The lowest BCUT2D eigenvalue weighted by Crippen LogP contribution is -2.25. The molecule has 0 aliphatic rings. The van der Waals surface area contributed by atoms with Gasteiger partial charge in [-0.3, -0.25) is 4.79 Å². The van der Waals surface area contributed by atoms with E-state index >= 15 is 0 Å². The van der Waals surface area contributed by atoms with Gasteiger partial charge in [0.25, 0.3) is 6.47 Å². The molecule has 0 aliphatic carbocycles. The Kier molecular flexibility index (Phi) is 8.40. The SMILES string of the molecule is CC(C)(c1ccc(OC=O)cc1)c1ccc(OC(=O)Oc2ccc(C(C)(c3ccc(O)cc3)c3ccc(O)cc3)cc2)cc1. The van der Waals surface area contributed by atoms with Crippen LogP contribution in [0.1, 0.15) is 48.6 Å². The summed E-state index contributed by atoms with van der Waals surface area (Å²) >= 11 is 0. The molecule has 5 aromatic rings. The van der Waals surface area contributed by atoms with Gasteiger partial charge in [0, 0.05) is 10.8 Å². The molecule has 2 N–H and O–H groups in total. The molecule has 0 unspecified atom stereocenters. The van der Waals surface area contributed by atoms with Crippen LogP contribution in [0.4, 0.5) is 4.79 Å². The Morgan fingerprint density at radius 1 is 0.523 bits per heavy atom. The monoisotopic (exact) mass is 588 g/mol. The minimum absolute atomic E-state index is 0.166. The number of hydrogen-bond donors (Lipinski definition) is 2. The van der Waals surface area contributed by atoms with Gasteiger partial charge >= 0.3 is 6.16 Å². The number of hydrogen-bond acceptors (Lipinski definition) is 7. The molecule has 7 nitrogen and oxygen atoms in total. The number of phenols is 2. The number of carbonyl (C=O) groups is 2. The van der Waals surface area contributed by atoms with Crippen LogP contribution in [-0.2, 0) is 15.6 Å². The molecule has 0 spiro atoms. The number of carbonyl (C=O) groups excluding carboxylic acids is 2. The summed E-state index contributed by atoms with van der Waals surface area (Å²) in [7, 11) is 0. The minimum atomic E-state index is -0.865. The predicted octanol–water partition coefficient (Wildman–Crippen LogP) is 7.89. The first kappa shape index (κ1) is 29.9. The highest BCUT2D eigenvalue weighted by molar-refractivity contribution is 5.67. The van der Waals surface area contributed by atoms with Gasteiger partial charge in [0.1, 0.15) is 28.7 Å². The van der Waals surface area contributed by atoms with Crippen molar-refractivity contribution >= 4 is 12.6 Å². The first-order valence-corrected chi connectivity index (χ1v) is 14.0. The van der Waals surface area contributed by atoms with Gasteiger partial charge in [-0.05, 0) is 95.4 Å². The molecule has 0 bridgehead atoms. The van der Waals surface area contributed by atoms with Crippen LogP contribution in [0.15, 0.2) is 121 Å². The zero-order valence-corrected chi connectivity index (χ0v) is 24.6. The molecular weight excluding hydrogens is 556 g/mol. The van der Waals surface area contributed by atoms with E-state index < -0.39 is 11.6 Å². The fraction of sp³-hybridized carbons (Fsp3) is 0.135. The summed E-state index contributed by atoms with van der Waals surface area (Å²) in [5, 5.41) is 19.7. The third-order valence-electron chi connectivity index (χ3n) is 8.06. The van der Waals surface area contributed by atoms with Gasteiger partial charge in [-0.15, -0.1) is 0 Å². The van der Waals surface area contributed by atoms with Crippen LogP contribution >= 0.6 is 0 Å². The van der Waals surface area contributed by atoms with Gasteiger partial charge in [-0.25, -0.2) is 4.79 Å². The van der Waals surface area contributed by atoms with Crippen molar-refractivity contribution in [1.82, 2.24) is 0 Å². The van der Waals surface area contributed by atoms with E-state index in [1.807, 2.05) is 60.7 Å². The maximum absolute atomic E-state index is 12.6. The van der Waals surface area contributed by atoms with Gasteiger partial charge < -0.3 is 24.4 Å². The van der Waals surface area contributed by atoms with Crippen molar-refractivity contribution in [1.29, 1.82) is 0 Å².